The molecule has 90 valence electrons. The smallest absolute Gasteiger partial charge is 0.184 e. The molecule has 1 aromatic rings. The average molecular weight is 233 g/mol. The fraction of sp³-hybridized carbons (Fsp3) is 0.500. The maximum Gasteiger partial charge on any atom is 0.184 e. The molecule has 1 aliphatic rings. The van der Waals surface area contributed by atoms with E-state index >= 15 is 0 Å². The van der Waals surface area contributed by atoms with Crippen molar-refractivity contribution < 1.29 is 9.47 Å². The minimum Gasteiger partial charge on any atom is -0.348 e. The summed E-state index contributed by atoms with van der Waals surface area (Å²) in [7, 11) is 0. The Morgan fingerprint density at radius 2 is 2.18 bits per heavy atom. The maximum absolute atomic E-state index is 8.46. The predicted molar refractivity (Wildman–Crippen MR) is 63.2 cm³/mol. The molecule has 5 nitrogen and oxygen atoms in total. The van der Waals surface area contributed by atoms with E-state index in [0.29, 0.717) is 6.61 Å². The summed E-state index contributed by atoms with van der Waals surface area (Å²) in [5.41, 5.74) is 9.45. The molecule has 0 amide bonds. The highest BCUT2D eigenvalue weighted by atomic mass is 16.7. The van der Waals surface area contributed by atoms with Gasteiger partial charge in [-0.1, -0.05) is 42.4 Å². The van der Waals surface area contributed by atoms with Crippen LogP contribution in [0.2, 0.25) is 0 Å². The Balaban J connectivity index is 2.08. The third-order valence-corrected chi connectivity index (χ3v) is 2.82. The lowest BCUT2D eigenvalue weighted by atomic mass is 10.1. The van der Waals surface area contributed by atoms with Gasteiger partial charge in [0, 0.05) is 10.5 Å². The molecular weight excluding hydrogens is 218 g/mol. The van der Waals surface area contributed by atoms with E-state index < -0.39 is 0 Å². The first-order chi connectivity index (χ1) is 8.35. The van der Waals surface area contributed by atoms with Crippen LogP contribution in [-0.2, 0) is 9.47 Å². The summed E-state index contributed by atoms with van der Waals surface area (Å²) in [6.07, 6.45) is 0.368. The van der Waals surface area contributed by atoms with Crippen molar-refractivity contribution in [2.45, 2.75) is 31.8 Å². The zero-order chi connectivity index (χ0) is 12.1. The highest BCUT2D eigenvalue weighted by molar-refractivity contribution is 5.16. The van der Waals surface area contributed by atoms with Crippen molar-refractivity contribution in [2.75, 3.05) is 6.61 Å². The fourth-order valence-electron chi connectivity index (χ4n) is 1.91. The SMILES string of the molecule is CC[C@@H]1OC(c2ccccc2)OC[C@H]1N=[N+]=[N-]. The third-order valence-electron chi connectivity index (χ3n) is 2.82. The van der Waals surface area contributed by atoms with Crippen LogP contribution in [0, 0.1) is 0 Å². The summed E-state index contributed by atoms with van der Waals surface area (Å²) < 4.78 is 11.4. The Labute approximate surface area is 100.0 Å². The Morgan fingerprint density at radius 3 is 2.82 bits per heavy atom. The molecule has 0 spiro atoms. The van der Waals surface area contributed by atoms with Crippen LogP contribution >= 0.6 is 0 Å². The van der Waals surface area contributed by atoms with E-state index in [0.717, 1.165) is 12.0 Å². The maximum atomic E-state index is 8.46. The number of ether oxygens (including phenoxy) is 2. The van der Waals surface area contributed by atoms with E-state index in [-0.39, 0.29) is 18.4 Å². The van der Waals surface area contributed by atoms with E-state index in [4.69, 9.17) is 15.0 Å². The lowest BCUT2D eigenvalue weighted by Gasteiger charge is -2.34. The second-order valence-electron chi connectivity index (χ2n) is 3.93. The Kier molecular flexibility index (Phi) is 3.98. The number of benzene rings is 1. The van der Waals surface area contributed by atoms with Crippen LogP contribution in [0.5, 0.6) is 0 Å². The van der Waals surface area contributed by atoms with E-state index in [1.165, 1.54) is 0 Å². The summed E-state index contributed by atoms with van der Waals surface area (Å²) in [5.74, 6) is 0. The first-order valence-corrected chi connectivity index (χ1v) is 5.71. The molecule has 1 unspecified atom stereocenters. The van der Waals surface area contributed by atoms with Crippen LogP contribution in [0.25, 0.3) is 10.4 Å². The molecular formula is C12H15N3O2. The summed E-state index contributed by atoms with van der Waals surface area (Å²) in [6, 6.07) is 9.54. The van der Waals surface area contributed by atoms with Gasteiger partial charge < -0.3 is 9.47 Å². The lowest BCUT2D eigenvalue weighted by molar-refractivity contribution is -0.224. The largest absolute Gasteiger partial charge is 0.348 e. The summed E-state index contributed by atoms with van der Waals surface area (Å²) >= 11 is 0. The third kappa shape index (κ3) is 2.77. The van der Waals surface area contributed by atoms with Gasteiger partial charge in [-0.25, -0.2) is 0 Å². The molecule has 17 heavy (non-hydrogen) atoms. The van der Waals surface area contributed by atoms with Crippen LogP contribution in [0.15, 0.2) is 35.4 Å². The Morgan fingerprint density at radius 1 is 1.41 bits per heavy atom. The summed E-state index contributed by atoms with van der Waals surface area (Å²) in [6.45, 7) is 2.42. The molecule has 1 fully saturated rings. The molecule has 0 aliphatic carbocycles. The van der Waals surface area contributed by atoms with Gasteiger partial charge >= 0.3 is 0 Å². The van der Waals surface area contributed by atoms with Crippen molar-refractivity contribution in [1.82, 2.24) is 0 Å². The van der Waals surface area contributed by atoms with Gasteiger partial charge in [-0.05, 0) is 12.0 Å². The molecule has 5 heteroatoms. The molecule has 0 aromatic heterocycles. The van der Waals surface area contributed by atoms with E-state index in [1.54, 1.807) is 0 Å². The second kappa shape index (κ2) is 5.68. The molecule has 2 rings (SSSR count). The number of rotatable bonds is 3. The molecule has 0 radical (unpaired) electrons. The zero-order valence-corrected chi connectivity index (χ0v) is 9.69. The van der Waals surface area contributed by atoms with Crippen LogP contribution in [0.4, 0.5) is 0 Å². The van der Waals surface area contributed by atoms with Crippen LogP contribution < -0.4 is 0 Å². The topological polar surface area (TPSA) is 67.2 Å². The van der Waals surface area contributed by atoms with Crippen molar-refractivity contribution in [2.24, 2.45) is 5.11 Å². The first-order valence-electron chi connectivity index (χ1n) is 5.71. The molecule has 1 heterocycles. The fourth-order valence-corrected chi connectivity index (χ4v) is 1.91. The molecule has 1 aromatic carbocycles. The van der Waals surface area contributed by atoms with Gasteiger partial charge in [0.05, 0.1) is 18.8 Å². The minimum atomic E-state index is -0.355. The van der Waals surface area contributed by atoms with E-state index in [2.05, 4.69) is 10.0 Å². The van der Waals surface area contributed by atoms with Gasteiger partial charge in [-0.15, -0.1) is 0 Å². The number of azide groups is 1. The van der Waals surface area contributed by atoms with Gasteiger partial charge in [0.15, 0.2) is 6.29 Å². The number of hydrogen-bond acceptors (Lipinski definition) is 3. The highest BCUT2D eigenvalue weighted by Gasteiger charge is 2.30. The normalized spacial score (nSPS) is 28.4. The van der Waals surface area contributed by atoms with Gasteiger partial charge in [0.2, 0.25) is 0 Å². The molecule has 0 saturated carbocycles. The number of hydrogen-bond donors (Lipinski definition) is 0. The summed E-state index contributed by atoms with van der Waals surface area (Å²) in [5, 5.41) is 3.69. The highest BCUT2D eigenvalue weighted by Crippen LogP contribution is 2.28. The molecule has 3 atom stereocenters. The quantitative estimate of drug-likeness (QED) is 0.457. The van der Waals surface area contributed by atoms with Crippen molar-refractivity contribution in [3.05, 3.63) is 46.3 Å². The standard InChI is InChI=1S/C12H15N3O2/c1-2-11-10(14-15-13)8-16-12(17-11)9-6-4-3-5-7-9/h3-7,10-12H,2,8H2,1H3/t10-,11+,12?/m1/s1. The van der Waals surface area contributed by atoms with Crippen LogP contribution in [0.3, 0.4) is 0 Å². The van der Waals surface area contributed by atoms with Crippen molar-refractivity contribution >= 4 is 0 Å². The number of nitrogens with zero attached hydrogens (tertiary/aromatic N) is 3. The van der Waals surface area contributed by atoms with Gasteiger partial charge in [-0.3, -0.25) is 0 Å². The second-order valence-corrected chi connectivity index (χ2v) is 3.93. The Hall–Kier alpha value is -1.55. The van der Waals surface area contributed by atoms with Gasteiger partial charge in [-0.2, -0.15) is 0 Å². The minimum absolute atomic E-state index is 0.0788. The van der Waals surface area contributed by atoms with E-state index in [1.807, 2.05) is 37.3 Å². The van der Waals surface area contributed by atoms with Crippen molar-refractivity contribution in [3.63, 3.8) is 0 Å². The molecule has 1 aliphatic heterocycles. The van der Waals surface area contributed by atoms with Crippen molar-refractivity contribution in [3.8, 4) is 0 Å². The molecule has 0 N–H and O–H groups in total. The van der Waals surface area contributed by atoms with Gasteiger partial charge in [0.1, 0.15) is 0 Å². The average Bonchev–Trinajstić information content (AvgIpc) is 2.40. The Bertz CT molecular complexity index is 403. The molecule has 1 saturated heterocycles. The lowest BCUT2D eigenvalue weighted by Crippen LogP contribution is -2.38. The predicted octanol–water partition coefficient (Wildman–Crippen LogP) is 3.19. The van der Waals surface area contributed by atoms with E-state index in [9.17, 15) is 0 Å². The van der Waals surface area contributed by atoms with Crippen molar-refractivity contribution in [1.29, 1.82) is 0 Å². The van der Waals surface area contributed by atoms with Crippen LogP contribution in [-0.4, -0.2) is 18.8 Å². The van der Waals surface area contributed by atoms with Gasteiger partial charge in [0.25, 0.3) is 0 Å². The monoisotopic (exact) mass is 233 g/mol. The summed E-state index contributed by atoms with van der Waals surface area (Å²) in [4.78, 5) is 2.82. The molecule has 0 bridgehead atoms. The first kappa shape index (κ1) is 11.9. The van der Waals surface area contributed by atoms with Crippen LogP contribution in [0.1, 0.15) is 25.2 Å². The zero-order valence-electron chi connectivity index (χ0n) is 9.69.